The molecule has 1 aromatic carbocycles. The van der Waals surface area contributed by atoms with E-state index in [2.05, 4.69) is 37.1 Å². The highest BCUT2D eigenvalue weighted by Crippen LogP contribution is 2.31. The average Bonchev–Trinajstić information content (AvgIpc) is 3.26. The molecule has 0 spiro atoms. The van der Waals surface area contributed by atoms with Gasteiger partial charge in [0.25, 0.3) is 5.91 Å². The van der Waals surface area contributed by atoms with Crippen molar-refractivity contribution in [1.82, 2.24) is 25.2 Å². The minimum Gasteiger partial charge on any atom is -0.451 e. The molecule has 1 aliphatic heterocycles. The van der Waals surface area contributed by atoms with Gasteiger partial charge in [-0.15, -0.1) is 0 Å². The Hall–Kier alpha value is -3.43. The number of rotatable bonds is 7. The fourth-order valence-corrected chi connectivity index (χ4v) is 4.76. The van der Waals surface area contributed by atoms with Gasteiger partial charge in [0, 0.05) is 68.0 Å². The number of fused-ring (bicyclic) bond motifs is 1. The van der Waals surface area contributed by atoms with Gasteiger partial charge in [-0.2, -0.15) is 0 Å². The number of nitrogens with one attached hydrogen (secondary N) is 1. The molecule has 9 heteroatoms. The fraction of sp³-hybridized carbons (Fsp3) is 0.280. The Labute approximate surface area is 202 Å². The van der Waals surface area contributed by atoms with E-state index in [0.29, 0.717) is 28.8 Å². The first-order valence-corrected chi connectivity index (χ1v) is 12.2. The van der Waals surface area contributed by atoms with Crippen LogP contribution >= 0.6 is 11.8 Å². The second-order valence-corrected chi connectivity index (χ2v) is 9.17. The minimum absolute atomic E-state index is 0.246. The number of likely N-dealkylation sites (N-methyl/N-ethyl adjacent to an activating group) is 1. The summed E-state index contributed by atoms with van der Waals surface area (Å²) in [5, 5.41) is 4.57. The van der Waals surface area contributed by atoms with Crippen LogP contribution in [0, 0.1) is 0 Å². The molecule has 1 fully saturated rings. The van der Waals surface area contributed by atoms with Crippen molar-refractivity contribution in [3.8, 4) is 0 Å². The lowest BCUT2D eigenvalue weighted by atomic mass is 10.1. The van der Waals surface area contributed by atoms with Crippen molar-refractivity contribution in [1.29, 1.82) is 0 Å². The van der Waals surface area contributed by atoms with E-state index in [9.17, 15) is 4.79 Å². The molecule has 0 radical (unpaired) electrons. The Morgan fingerprint density at radius 3 is 2.59 bits per heavy atom. The molecule has 0 unspecified atom stereocenters. The molecule has 1 amide bonds. The number of amides is 1. The lowest BCUT2D eigenvalue weighted by molar-refractivity contribution is 0.0924. The number of para-hydroxylation sites is 1. The number of furan rings is 1. The third-order valence-electron chi connectivity index (χ3n) is 5.88. The van der Waals surface area contributed by atoms with Gasteiger partial charge in [-0.1, -0.05) is 36.0 Å². The summed E-state index contributed by atoms with van der Waals surface area (Å²) in [5.41, 5.74) is 2.47. The van der Waals surface area contributed by atoms with Crippen molar-refractivity contribution in [2.45, 2.75) is 17.5 Å². The highest BCUT2D eigenvalue weighted by molar-refractivity contribution is 7.98. The number of thioether (sulfide) groups is 1. The van der Waals surface area contributed by atoms with Crippen LogP contribution in [-0.4, -0.2) is 59.0 Å². The lowest BCUT2D eigenvalue weighted by Crippen LogP contribution is -2.44. The van der Waals surface area contributed by atoms with E-state index in [1.807, 2.05) is 42.6 Å². The van der Waals surface area contributed by atoms with Crippen molar-refractivity contribution >= 4 is 34.5 Å². The maximum atomic E-state index is 13.1. The third kappa shape index (κ3) is 5.05. The van der Waals surface area contributed by atoms with Gasteiger partial charge in [0.2, 0.25) is 0 Å². The van der Waals surface area contributed by atoms with Crippen molar-refractivity contribution in [2.24, 2.45) is 0 Å². The van der Waals surface area contributed by atoms with E-state index >= 15 is 0 Å². The molecule has 34 heavy (non-hydrogen) atoms. The van der Waals surface area contributed by atoms with E-state index in [4.69, 9.17) is 4.42 Å². The second-order valence-electron chi connectivity index (χ2n) is 8.22. The molecule has 0 saturated carbocycles. The van der Waals surface area contributed by atoms with Crippen LogP contribution in [0.4, 0.5) is 5.82 Å². The first-order chi connectivity index (χ1) is 16.7. The highest BCUT2D eigenvalue weighted by Gasteiger charge is 2.21. The van der Waals surface area contributed by atoms with Crippen LogP contribution < -0.4 is 10.2 Å². The standard InChI is InChI=1S/C25H26N6O2S/c1-30-11-13-31(14-12-30)22-8-7-18(15-28-22)16-29-24(32)23-20(17-34-25-26-9-4-10-27-25)19-5-2-3-6-21(19)33-23/h2-10,15H,11-14,16-17H2,1H3,(H,29,32). The Bertz CT molecular complexity index is 1250. The quantitative estimate of drug-likeness (QED) is 0.321. The first-order valence-electron chi connectivity index (χ1n) is 11.2. The SMILES string of the molecule is CN1CCN(c2ccc(CNC(=O)c3oc4ccccc4c3CSc3ncccn3)cn2)CC1. The predicted molar refractivity (Wildman–Crippen MR) is 133 cm³/mol. The summed E-state index contributed by atoms with van der Waals surface area (Å²) < 4.78 is 5.95. The van der Waals surface area contributed by atoms with Crippen LogP contribution in [0.15, 0.2) is 70.6 Å². The van der Waals surface area contributed by atoms with Crippen molar-refractivity contribution in [2.75, 3.05) is 38.1 Å². The Balaban J connectivity index is 1.27. The Morgan fingerprint density at radius 1 is 1.03 bits per heavy atom. The molecular weight excluding hydrogens is 448 g/mol. The molecule has 0 atom stereocenters. The summed E-state index contributed by atoms with van der Waals surface area (Å²) >= 11 is 1.47. The van der Waals surface area contributed by atoms with Crippen LogP contribution in [0.5, 0.6) is 0 Å². The van der Waals surface area contributed by atoms with E-state index in [0.717, 1.165) is 48.5 Å². The van der Waals surface area contributed by atoms with Crippen molar-refractivity contribution < 1.29 is 9.21 Å². The van der Waals surface area contributed by atoms with Gasteiger partial charge in [-0.05, 0) is 30.8 Å². The number of carbonyl (C=O) groups excluding carboxylic acids is 1. The summed E-state index contributed by atoms with van der Waals surface area (Å²) in [5.74, 6) is 1.59. The maximum Gasteiger partial charge on any atom is 0.287 e. The molecule has 1 aliphatic rings. The summed E-state index contributed by atoms with van der Waals surface area (Å²) in [6.07, 6.45) is 5.25. The number of hydrogen-bond donors (Lipinski definition) is 1. The van der Waals surface area contributed by atoms with Gasteiger partial charge in [0.1, 0.15) is 11.4 Å². The maximum absolute atomic E-state index is 13.1. The fourth-order valence-electron chi connectivity index (χ4n) is 3.93. The molecule has 4 aromatic rings. The minimum atomic E-state index is -0.246. The molecule has 4 heterocycles. The summed E-state index contributed by atoms with van der Waals surface area (Å²) in [6, 6.07) is 13.5. The van der Waals surface area contributed by atoms with Gasteiger partial charge >= 0.3 is 0 Å². The largest absolute Gasteiger partial charge is 0.451 e. The van der Waals surface area contributed by atoms with E-state index in [-0.39, 0.29) is 5.91 Å². The average molecular weight is 475 g/mol. The molecule has 1 saturated heterocycles. The monoisotopic (exact) mass is 474 g/mol. The van der Waals surface area contributed by atoms with E-state index in [1.54, 1.807) is 18.5 Å². The summed E-state index contributed by atoms with van der Waals surface area (Å²) in [7, 11) is 2.14. The number of carbonyl (C=O) groups is 1. The number of benzene rings is 1. The zero-order valence-corrected chi connectivity index (χ0v) is 19.8. The lowest BCUT2D eigenvalue weighted by Gasteiger charge is -2.33. The van der Waals surface area contributed by atoms with Gasteiger partial charge in [0.15, 0.2) is 10.9 Å². The normalized spacial score (nSPS) is 14.4. The molecule has 174 valence electrons. The zero-order valence-electron chi connectivity index (χ0n) is 19.0. The van der Waals surface area contributed by atoms with E-state index < -0.39 is 0 Å². The smallest absolute Gasteiger partial charge is 0.287 e. The number of hydrogen-bond acceptors (Lipinski definition) is 8. The molecule has 0 bridgehead atoms. The number of aromatic nitrogens is 3. The zero-order chi connectivity index (χ0) is 23.3. The van der Waals surface area contributed by atoms with Crippen LogP contribution in [0.1, 0.15) is 21.7 Å². The Kier molecular flexibility index (Phi) is 6.73. The molecule has 5 rings (SSSR count). The highest BCUT2D eigenvalue weighted by atomic mass is 32.2. The van der Waals surface area contributed by atoms with Crippen LogP contribution in [-0.2, 0) is 12.3 Å². The van der Waals surface area contributed by atoms with Gasteiger partial charge in [-0.3, -0.25) is 4.79 Å². The number of anilines is 1. The third-order valence-corrected chi connectivity index (χ3v) is 6.78. The van der Waals surface area contributed by atoms with Crippen LogP contribution in [0.3, 0.4) is 0 Å². The Morgan fingerprint density at radius 2 is 1.82 bits per heavy atom. The van der Waals surface area contributed by atoms with Gasteiger partial charge in [-0.25, -0.2) is 15.0 Å². The number of pyridine rings is 1. The molecule has 3 aromatic heterocycles. The van der Waals surface area contributed by atoms with Crippen molar-refractivity contribution in [3.05, 3.63) is 77.9 Å². The summed E-state index contributed by atoms with van der Waals surface area (Å²) in [4.78, 5) is 30.8. The summed E-state index contributed by atoms with van der Waals surface area (Å²) in [6.45, 7) is 4.39. The molecular formula is C25H26N6O2S. The van der Waals surface area contributed by atoms with Crippen molar-refractivity contribution in [3.63, 3.8) is 0 Å². The van der Waals surface area contributed by atoms with Gasteiger partial charge in [0.05, 0.1) is 0 Å². The molecule has 1 N–H and O–H groups in total. The second kappa shape index (κ2) is 10.2. The van der Waals surface area contributed by atoms with Crippen LogP contribution in [0.2, 0.25) is 0 Å². The molecule has 0 aliphatic carbocycles. The van der Waals surface area contributed by atoms with Gasteiger partial charge < -0.3 is 19.5 Å². The van der Waals surface area contributed by atoms with E-state index in [1.165, 1.54) is 11.8 Å². The van der Waals surface area contributed by atoms with Crippen LogP contribution in [0.25, 0.3) is 11.0 Å². The predicted octanol–water partition coefficient (Wildman–Crippen LogP) is 3.59. The molecule has 8 nitrogen and oxygen atoms in total. The first kappa shape index (κ1) is 22.4. The number of piperazine rings is 1. The number of nitrogens with zero attached hydrogens (tertiary/aromatic N) is 5. The topological polar surface area (TPSA) is 87.4 Å².